The minimum absolute atomic E-state index is 0.0195. The number of carbonyl (C=O) groups excluding carboxylic acids is 1. The van der Waals surface area contributed by atoms with E-state index >= 15 is 0 Å². The van der Waals surface area contributed by atoms with Gasteiger partial charge in [0.2, 0.25) is 0 Å². The Morgan fingerprint density at radius 3 is 2.26 bits per heavy atom. The average molecular weight is 392 g/mol. The zero-order chi connectivity index (χ0) is 16.4. The Morgan fingerprint density at radius 2 is 1.65 bits per heavy atom. The predicted molar refractivity (Wildman–Crippen MR) is 91.0 cm³/mol. The maximum atomic E-state index is 12.1. The van der Waals surface area contributed by atoms with Crippen molar-refractivity contribution in [3.05, 3.63) is 69.7 Å². The highest BCUT2D eigenvalue weighted by Gasteiger charge is 2.27. The Bertz CT molecular complexity index is 794. The topological polar surface area (TPSA) is 66.4 Å². The highest BCUT2D eigenvalue weighted by atomic mass is 79.9. The molecule has 2 aromatic rings. The lowest BCUT2D eigenvalue weighted by Gasteiger charge is -2.08. The van der Waals surface area contributed by atoms with Crippen LogP contribution in [-0.4, -0.2) is 21.3 Å². The molecule has 1 aliphatic heterocycles. The van der Waals surface area contributed by atoms with Crippen LogP contribution in [0.1, 0.15) is 16.7 Å². The van der Waals surface area contributed by atoms with Gasteiger partial charge < -0.3 is 9.29 Å². The third kappa shape index (κ3) is 3.60. The highest BCUT2D eigenvalue weighted by molar-refractivity contribution is 9.10. The van der Waals surface area contributed by atoms with Gasteiger partial charge in [0.25, 0.3) is 0 Å². The first kappa shape index (κ1) is 16.1. The molecule has 0 aliphatic carbocycles. The lowest BCUT2D eigenvalue weighted by Crippen LogP contribution is -1.98. The highest BCUT2D eigenvalue weighted by Crippen LogP contribution is 2.33. The van der Waals surface area contributed by atoms with Crippen molar-refractivity contribution < 1.29 is 18.3 Å². The maximum absolute atomic E-state index is 12.1. The molecule has 0 spiro atoms. The van der Waals surface area contributed by atoms with Crippen molar-refractivity contribution in [2.45, 2.75) is 5.75 Å². The van der Waals surface area contributed by atoms with Gasteiger partial charge in [0, 0.05) is 15.8 Å². The Labute approximate surface area is 144 Å². The first-order chi connectivity index (χ1) is 11.0. The van der Waals surface area contributed by atoms with E-state index in [1.807, 2.05) is 36.4 Å². The van der Waals surface area contributed by atoms with Crippen LogP contribution in [0.4, 0.5) is 0 Å². The quantitative estimate of drug-likeness (QED) is 0.592. The van der Waals surface area contributed by atoms with Crippen LogP contribution in [0.2, 0.25) is 0 Å². The normalized spacial score (nSPS) is 15.7. The summed E-state index contributed by atoms with van der Waals surface area (Å²) in [6, 6.07) is 14.6. The van der Waals surface area contributed by atoms with Crippen molar-refractivity contribution in [1.29, 1.82) is 0 Å². The van der Waals surface area contributed by atoms with Gasteiger partial charge in [0.15, 0.2) is 0 Å². The van der Waals surface area contributed by atoms with Crippen LogP contribution in [0.15, 0.2) is 53.0 Å². The number of hydrogen-bond acceptors (Lipinski definition) is 4. The molecule has 0 amide bonds. The molecule has 1 unspecified atom stereocenters. The second-order valence-electron chi connectivity index (χ2n) is 5.08. The van der Waals surface area contributed by atoms with Crippen LogP contribution in [-0.2, 0) is 26.4 Å². The van der Waals surface area contributed by atoms with E-state index in [2.05, 4.69) is 15.9 Å². The molecular formula is C17H12BrO4S-. The van der Waals surface area contributed by atoms with Crippen LogP contribution in [0.5, 0.6) is 0 Å². The number of carbonyl (C=O) groups is 1. The molecule has 6 heteroatoms. The minimum Gasteiger partial charge on any atom is -0.772 e. The first-order valence-electron chi connectivity index (χ1n) is 6.86. The molecule has 0 saturated heterocycles. The Kier molecular flexibility index (Phi) is 4.75. The molecule has 0 N–H and O–H groups in total. The fourth-order valence-electron chi connectivity index (χ4n) is 2.48. The van der Waals surface area contributed by atoms with Crippen molar-refractivity contribution in [2.75, 3.05) is 6.61 Å². The Balaban J connectivity index is 1.99. The molecule has 3 rings (SSSR count). The van der Waals surface area contributed by atoms with E-state index in [0.717, 1.165) is 21.2 Å². The molecule has 0 saturated carbocycles. The van der Waals surface area contributed by atoms with E-state index in [0.29, 0.717) is 11.1 Å². The smallest absolute Gasteiger partial charge is 0.339 e. The number of benzene rings is 2. The van der Waals surface area contributed by atoms with Crippen LogP contribution >= 0.6 is 15.9 Å². The summed E-state index contributed by atoms with van der Waals surface area (Å²) >= 11 is 1.26. The zero-order valence-electron chi connectivity index (χ0n) is 12.0. The summed E-state index contributed by atoms with van der Waals surface area (Å²) in [5.74, 6) is -0.360. The molecule has 0 aromatic heterocycles. The van der Waals surface area contributed by atoms with Gasteiger partial charge in [-0.2, -0.15) is 0 Å². The van der Waals surface area contributed by atoms with Gasteiger partial charge in [0.1, 0.15) is 6.61 Å². The molecule has 0 bridgehead atoms. The molecule has 2 aromatic carbocycles. The van der Waals surface area contributed by atoms with Gasteiger partial charge in [-0.25, -0.2) is 4.79 Å². The second kappa shape index (κ2) is 6.78. The molecule has 1 aliphatic rings. The molecule has 23 heavy (non-hydrogen) atoms. The number of halogens is 1. The molecule has 0 fully saturated rings. The fourth-order valence-corrected chi connectivity index (χ4v) is 3.21. The van der Waals surface area contributed by atoms with Crippen molar-refractivity contribution in [2.24, 2.45) is 0 Å². The summed E-state index contributed by atoms with van der Waals surface area (Å²) in [6.07, 6.45) is 0. The second-order valence-corrected chi connectivity index (χ2v) is 6.89. The van der Waals surface area contributed by atoms with Gasteiger partial charge in [0.05, 0.1) is 5.57 Å². The van der Waals surface area contributed by atoms with E-state index in [1.54, 1.807) is 12.1 Å². The SMILES string of the molecule is O=C1OCC(c2ccc(CS(=O)[O-])cc2)=C1c1ccc(Br)cc1. The number of rotatable bonds is 4. The van der Waals surface area contributed by atoms with E-state index in [9.17, 15) is 13.6 Å². The standard InChI is InChI=1S/C17H13BrO4S/c18-14-7-5-13(6-8-14)16-15(9-22-17(16)19)12-3-1-11(2-4-12)10-23(20)21/h1-8H,9-10H2,(H,20,21)/p-1. The summed E-state index contributed by atoms with van der Waals surface area (Å²) in [6.45, 7) is 0.219. The lowest BCUT2D eigenvalue weighted by molar-refractivity contribution is -0.133. The Morgan fingerprint density at radius 1 is 1.04 bits per heavy atom. The molecular weight excluding hydrogens is 380 g/mol. The van der Waals surface area contributed by atoms with Crippen LogP contribution in [0.3, 0.4) is 0 Å². The van der Waals surface area contributed by atoms with Crippen molar-refractivity contribution >= 4 is 44.1 Å². The zero-order valence-corrected chi connectivity index (χ0v) is 14.4. The van der Waals surface area contributed by atoms with Crippen LogP contribution in [0.25, 0.3) is 11.1 Å². The van der Waals surface area contributed by atoms with E-state index in [-0.39, 0.29) is 18.3 Å². The van der Waals surface area contributed by atoms with Crippen molar-refractivity contribution in [3.63, 3.8) is 0 Å². The number of esters is 1. The average Bonchev–Trinajstić information content (AvgIpc) is 2.90. The minimum atomic E-state index is -2.12. The van der Waals surface area contributed by atoms with E-state index < -0.39 is 11.1 Å². The molecule has 0 radical (unpaired) electrons. The first-order valence-corrected chi connectivity index (χ1v) is 8.89. The van der Waals surface area contributed by atoms with Crippen molar-refractivity contribution in [3.8, 4) is 0 Å². The largest absolute Gasteiger partial charge is 0.772 e. The molecule has 1 atom stereocenters. The van der Waals surface area contributed by atoms with Gasteiger partial charge in [-0.15, -0.1) is 0 Å². The van der Waals surface area contributed by atoms with Gasteiger partial charge in [-0.1, -0.05) is 63.4 Å². The monoisotopic (exact) mass is 391 g/mol. The number of ether oxygens (including phenoxy) is 1. The predicted octanol–water partition coefficient (Wildman–Crippen LogP) is 3.30. The summed E-state index contributed by atoms with van der Waals surface area (Å²) < 4.78 is 27.6. The number of cyclic esters (lactones) is 1. The maximum Gasteiger partial charge on any atom is 0.339 e. The van der Waals surface area contributed by atoms with Gasteiger partial charge >= 0.3 is 5.97 Å². The van der Waals surface area contributed by atoms with Gasteiger partial charge in [-0.05, 0) is 28.8 Å². The summed E-state index contributed by atoms with van der Waals surface area (Å²) in [5, 5.41) is 0. The molecule has 1 heterocycles. The van der Waals surface area contributed by atoms with Gasteiger partial charge in [-0.3, -0.25) is 4.21 Å². The van der Waals surface area contributed by atoms with Crippen molar-refractivity contribution in [1.82, 2.24) is 0 Å². The Hall–Kier alpha value is -1.76. The molecule has 4 nitrogen and oxygen atoms in total. The lowest BCUT2D eigenvalue weighted by atomic mass is 9.96. The summed E-state index contributed by atoms with van der Waals surface area (Å²) in [5.41, 5.74) is 3.73. The third-order valence-corrected chi connectivity index (χ3v) is 4.67. The molecule has 118 valence electrons. The third-order valence-electron chi connectivity index (χ3n) is 3.57. The number of hydrogen-bond donors (Lipinski definition) is 0. The van der Waals surface area contributed by atoms with E-state index in [1.165, 1.54) is 0 Å². The van der Waals surface area contributed by atoms with Crippen LogP contribution < -0.4 is 0 Å². The fraction of sp³-hybridized carbons (Fsp3) is 0.118. The summed E-state index contributed by atoms with van der Waals surface area (Å²) in [4.78, 5) is 12.1. The van der Waals surface area contributed by atoms with E-state index in [4.69, 9.17) is 4.74 Å². The van der Waals surface area contributed by atoms with Crippen LogP contribution in [0, 0.1) is 0 Å². The summed E-state index contributed by atoms with van der Waals surface area (Å²) in [7, 11) is 0.